The lowest BCUT2D eigenvalue weighted by atomic mass is 9.95. The molecule has 1 unspecified atom stereocenters. The van der Waals surface area contributed by atoms with Crippen molar-refractivity contribution in [2.45, 2.75) is 13.0 Å². The summed E-state index contributed by atoms with van der Waals surface area (Å²) in [5, 5.41) is 15.0. The van der Waals surface area contributed by atoms with Crippen molar-refractivity contribution in [1.82, 2.24) is 5.16 Å². The number of nitrogens with zero attached hydrogens (tertiary/aromatic N) is 2. The van der Waals surface area contributed by atoms with E-state index in [1.165, 1.54) is 19.1 Å². The summed E-state index contributed by atoms with van der Waals surface area (Å²) in [6.45, 7) is 1.69. The van der Waals surface area contributed by atoms with E-state index >= 15 is 0 Å². The van der Waals surface area contributed by atoms with Crippen LogP contribution in [0.4, 0.5) is 5.82 Å². The summed E-state index contributed by atoms with van der Waals surface area (Å²) in [6.07, 6.45) is 0. The predicted octanol–water partition coefficient (Wildman–Crippen LogP) is 3.63. The minimum atomic E-state index is -0.876. The molecule has 1 fully saturated rings. The van der Waals surface area contributed by atoms with Crippen LogP contribution in [0.25, 0.3) is 5.76 Å². The van der Waals surface area contributed by atoms with Crippen molar-refractivity contribution >= 4 is 23.3 Å². The van der Waals surface area contributed by atoms with Crippen molar-refractivity contribution in [1.29, 1.82) is 0 Å². The maximum atomic E-state index is 13.0. The van der Waals surface area contributed by atoms with Crippen LogP contribution in [-0.4, -0.2) is 36.2 Å². The van der Waals surface area contributed by atoms with Crippen molar-refractivity contribution in [2.75, 3.05) is 19.1 Å². The third-order valence-electron chi connectivity index (χ3n) is 5.08. The Morgan fingerprint density at radius 2 is 1.74 bits per heavy atom. The molecule has 0 spiro atoms. The first kappa shape index (κ1) is 20.2. The fourth-order valence-corrected chi connectivity index (χ4v) is 3.63. The van der Waals surface area contributed by atoms with Gasteiger partial charge in [-0.15, -0.1) is 0 Å². The number of carbonyl (C=O) groups is 2. The summed E-state index contributed by atoms with van der Waals surface area (Å²) in [4.78, 5) is 27.3. The Kier molecular flexibility index (Phi) is 5.21. The van der Waals surface area contributed by atoms with E-state index in [0.717, 1.165) is 0 Å². The van der Waals surface area contributed by atoms with E-state index < -0.39 is 17.7 Å². The molecule has 8 nitrogen and oxygen atoms in total. The fraction of sp³-hybridized carbons (Fsp3) is 0.174. The molecule has 2 heterocycles. The molecule has 1 atom stereocenters. The van der Waals surface area contributed by atoms with Crippen LogP contribution in [0.3, 0.4) is 0 Å². The Labute approximate surface area is 178 Å². The topological polar surface area (TPSA) is 102 Å². The van der Waals surface area contributed by atoms with Gasteiger partial charge in [-0.1, -0.05) is 35.5 Å². The summed E-state index contributed by atoms with van der Waals surface area (Å²) in [5.74, 6) is -0.411. The highest BCUT2D eigenvalue weighted by molar-refractivity contribution is 6.51. The molecule has 158 valence electrons. The lowest BCUT2D eigenvalue weighted by Gasteiger charge is -2.22. The van der Waals surface area contributed by atoms with Crippen molar-refractivity contribution in [2.24, 2.45) is 0 Å². The van der Waals surface area contributed by atoms with Crippen LogP contribution in [0.1, 0.15) is 22.9 Å². The number of aliphatic hydroxyl groups excluding tert-OH is 1. The molecular formula is C23H20N2O6. The minimum Gasteiger partial charge on any atom is -0.507 e. The normalized spacial score (nSPS) is 17.8. The van der Waals surface area contributed by atoms with Gasteiger partial charge in [0.15, 0.2) is 17.3 Å². The number of ether oxygens (including phenoxy) is 2. The number of Topliss-reactive ketones (excluding diaryl/α,β-unsaturated/α-hetero) is 1. The molecule has 1 aromatic heterocycles. The minimum absolute atomic E-state index is 0.0518. The number of hydrogen-bond donors (Lipinski definition) is 1. The second-order valence-electron chi connectivity index (χ2n) is 6.95. The molecule has 1 aliphatic heterocycles. The Morgan fingerprint density at radius 1 is 1.03 bits per heavy atom. The molecule has 4 rings (SSSR count). The van der Waals surface area contributed by atoms with E-state index in [4.69, 9.17) is 14.0 Å². The van der Waals surface area contributed by atoms with Crippen molar-refractivity contribution in [3.8, 4) is 11.5 Å². The highest BCUT2D eigenvalue weighted by atomic mass is 16.5. The molecular weight excluding hydrogens is 400 g/mol. The third kappa shape index (κ3) is 3.42. The van der Waals surface area contributed by atoms with Crippen LogP contribution in [0.5, 0.6) is 11.5 Å². The van der Waals surface area contributed by atoms with Crippen LogP contribution < -0.4 is 14.4 Å². The number of amides is 1. The van der Waals surface area contributed by atoms with Gasteiger partial charge in [0.25, 0.3) is 5.78 Å². The average Bonchev–Trinajstić information content (AvgIpc) is 3.34. The van der Waals surface area contributed by atoms with Gasteiger partial charge in [-0.2, -0.15) is 0 Å². The SMILES string of the molecule is COc1ccc(/C(O)=C2\C(=O)C(=O)N(c3cc(C)on3)C2c2ccccc2)cc1OC. The van der Waals surface area contributed by atoms with Gasteiger partial charge in [-0.05, 0) is 30.7 Å². The molecule has 1 saturated heterocycles. The van der Waals surface area contributed by atoms with Gasteiger partial charge in [0.1, 0.15) is 11.5 Å². The highest BCUT2D eigenvalue weighted by Crippen LogP contribution is 2.42. The summed E-state index contributed by atoms with van der Waals surface area (Å²) < 4.78 is 15.6. The Balaban J connectivity index is 1.92. The largest absolute Gasteiger partial charge is 0.507 e. The zero-order valence-corrected chi connectivity index (χ0v) is 17.2. The number of aromatic nitrogens is 1. The Hall–Kier alpha value is -4.07. The molecule has 0 radical (unpaired) electrons. The number of carbonyl (C=O) groups excluding carboxylic acids is 2. The maximum Gasteiger partial charge on any atom is 0.301 e. The number of hydrogen-bond acceptors (Lipinski definition) is 7. The van der Waals surface area contributed by atoms with Crippen LogP contribution in [0.2, 0.25) is 0 Å². The van der Waals surface area contributed by atoms with E-state index in [1.807, 2.05) is 6.07 Å². The predicted molar refractivity (Wildman–Crippen MR) is 112 cm³/mol. The Morgan fingerprint density at radius 3 is 2.35 bits per heavy atom. The molecule has 1 N–H and O–H groups in total. The zero-order chi connectivity index (χ0) is 22.1. The lowest BCUT2D eigenvalue weighted by molar-refractivity contribution is -0.132. The van der Waals surface area contributed by atoms with Gasteiger partial charge in [0.2, 0.25) is 0 Å². The van der Waals surface area contributed by atoms with Gasteiger partial charge < -0.3 is 19.1 Å². The van der Waals surface area contributed by atoms with Crippen LogP contribution in [-0.2, 0) is 9.59 Å². The van der Waals surface area contributed by atoms with Crippen molar-refractivity contribution in [3.63, 3.8) is 0 Å². The molecule has 1 aliphatic rings. The average molecular weight is 420 g/mol. The van der Waals surface area contributed by atoms with E-state index in [-0.39, 0.29) is 17.2 Å². The number of aryl methyl sites for hydroxylation is 1. The first-order chi connectivity index (χ1) is 15.0. The molecule has 8 heteroatoms. The molecule has 0 aliphatic carbocycles. The van der Waals surface area contributed by atoms with Gasteiger partial charge >= 0.3 is 5.91 Å². The summed E-state index contributed by atoms with van der Waals surface area (Å²) in [5.41, 5.74) is 0.904. The monoisotopic (exact) mass is 420 g/mol. The van der Waals surface area contributed by atoms with E-state index in [2.05, 4.69) is 5.16 Å². The summed E-state index contributed by atoms with van der Waals surface area (Å²) in [7, 11) is 2.97. The maximum absolute atomic E-state index is 13.0. The van der Waals surface area contributed by atoms with Crippen LogP contribution in [0, 0.1) is 6.92 Å². The van der Waals surface area contributed by atoms with Gasteiger partial charge in [-0.25, -0.2) is 0 Å². The van der Waals surface area contributed by atoms with E-state index in [1.54, 1.807) is 55.5 Å². The van der Waals surface area contributed by atoms with E-state index in [9.17, 15) is 14.7 Å². The lowest BCUT2D eigenvalue weighted by Crippen LogP contribution is -2.29. The standard InChI is InChI=1S/C23H20N2O6/c1-13-11-18(24-31-13)25-20(14-7-5-4-6-8-14)19(22(27)23(25)28)21(26)15-9-10-16(29-2)17(12-15)30-3/h4-12,20,26H,1-3H3/b21-19+. The van der Waals surface area contributed by atoms with Crippen LogP contribution >= 0.6 is 0 Å². The molecule has 1 amide bonds. The summed E-state index contributed by atoms with van der Waals surface area (Å²) >= 11 is 0. The molecule has 3 aromatic rings. The Bertz CT molecular complexity index is 1180. The molecule has 2 aromatic carbocycles. The number of benzene rings is 2. The highest BCUT2D eigenvalue weighted by Gasteiger charge is 2.48. The third-order valence-corrected chi connectivity index (χ3v) is 5.08. The second kappa shape index (κ2) is 7.98. The first-order valence-electron chi connectivity index (χ1n) is 9.48. The number of aliphatic hydroxyl groups is 1. The number of rotatable bonds is 5. The zero-order valence-electron chi connectivity index (χ0n) is 17.2. The van der Waals surface area contributed by atoms with E-state index in [0.29, 0.717) is 28.4 Å². The van der Waals surface area contributed by atoms with Gasteiger partial charge in [-0.3, -0.25) is 14.5 Å². The number of anilines is 1. The van der Waals surface area contributed by atoms with Crippen molar-refractivity contribution < 1.29 is 28.7 Å². The molecule has 0 bridgehead atoms. The second-order valence-corrected chi connectivity index (χ2v) is 6.95. The first-order valence-corrected chi connectivity index (χ1v) is 9.48. The van der Waals surface area contributed by atoms with Gasteiger partial charge in [0, 0.05) is 11.6 Å². The fourth-order valence-electron chi connectivity index (χ4n) is 3.63. The molecule has 31 heavy (non-hydrogen) atoms. The quantitative estimate of drug-likeness (QED) is 0.382. The summed E-state index contributed by atoms with van der Waals surface area (Å²) in [6, 6.07) is 14.4. The van der Waals surface area contributed by atoms with Crippen LogP contribution in [0.15, 0.2) is 64.7 Å². The molecule has 0 saturated carbocycles. The smallest absolute Gasteiger partial charge is 0.301 e. The number of ketones is 1. The van der Waals surface area contributed by atoms with Crippen molar-refractivity contribution in [3.05, 3.63) is 77.1 Å². The van der Waals surface area contributed by atoms with Gasteiger partial charge in [0.05, 0.1) is 25.8 Å². The number of methoxy groups -OCH3 is 2.